The molecule has 228 valence electrons. The van der Waals surface area contributed by atoms with Gasteiger partial charge >= 0.3 is 0 Å². The fraction of sp³-hybridized carbons (Fsp3) is 0.353. The Hall–Kier alpha value is -4.66. The maximum absolute atomic E-state index is 12.3. The van der Waals surface area contributed by atoms with Crippen molar-refractivity contribution in [2.75, 3.05) is 25.0 Å². The lowest BCUT2D eigenvalue weighted by Gasteiger charge is -2.40. The van der Waals surface area contributed by atoms with Crippen LogP contribution in [0.1, 0.15) is 48.1 Å². The van der Waals surface area contributed by atoms with Gasteiger partial charge in [-0.15, -0.1) is 0 Å². The lowest BCUT2D eigenvalue weighted by Crippen LogP contribution is -2.54. The number of nitrogens with zero attached hydrogens (tertiary/aromatic N) is 8. The number of likely N-dealkylation sites (tertiary alicyclic amines) is 1. The number of nitriles is 1. The number of hydrogen-bond donors (Lipinski definition) is 1. The summed E-state index contributed by atoms with van der Waals surface area (Å²) >= 11 is 1.37. The van der Waals surface area contributed by atoms with Crippen LogP contribution >= 0.6 is 11.3 Å². The molecule has 2 aliphatic rings. The third-order valence-electron chi connectivity index (χ3n) is 8.83. The minimum absolute atomic E-state index is 0.111. The van der Waals surface area contributed by atoms with Crippen molar-refractivity contribution in [3.63, 3.8) is 0 Å². The van der Waals surface area contributed by atoms with Crippen molar-refractivity contribution in [3.8, 4) is 28.5 Å². The lowest BCUT2D eigenvalue weighted by atomic mass is 9.93. The number of aryl methyl sites for hydroxylation is 3. The minimum Gasteiger partial charge on any atom is -0.380 e. The molecule has 0 spiro atoms. The fourth-order valence-corrected chi connectivity index (χ4v) is 6.73. The van der Waals surface area contributed by atoms with Crippen molar-refractivity contribution in [2.24, 2.45) is 5.92 Å². The number of amides is 1. The van der Waals surface area contributed by atoms with Gasteiger partial charge in [0.1, 0.15) is 39.5 Å². The molecule has 0 atom stereocenters. The number of aromatic nitrogens is 5. The summed E-state index contributed by atoms with van der Waals surface area (Å²) in [6.07, 6.45) is 9.34. The van der Waals surface area contributed by atoms with Gasteiger partial charge in [-0.1, -0.05) is 48.1 Å². The number of benzene rings is 1. The van der Waals surface area contributed by atoms with Crippen molar-refractivity contribution in [1.82, 2.24) is 29.2 Å². The highest BCUT2D eigenvalue weighted by molar-refractivity contribution is 7.16. The zero-order valence-electron chi connectivity index (χ0n) is 25.6. The quantitative estimate of drug-likeness (QED) is 0.235. The molecule has 1 saturated carbocycles. The molecule has 1 aliphatic carbocycles. The van der Waals surface area contributed by atoms with E-state index in [0.717, 1.165) is 69.6 Å². The van der Waals surface area contributed by atoms with E-state index in [1.165, 1.54) is 11.3 Å². The lowest BCUT2D eigenvalue weighted by molar-refractivity contribution is -0.149. The van der Waals surface area contributed by atoms with Crippen LogP contribution in [0.5, 0.6) is 0 Å². The van der Waals surface area contributed by atoms with E-state index in [0.29, 0.717) is 42.4 Å². The Morgan fingerprint density at radius 2 is 1.80 bits per heavy atom. The number of anilines is 2. The number of imidazole rings is 1. The topological polar surface area (TPSA) is 124 Å². The van der Waals surface area contributed by atoms with Gasteiger partial charge in [0.15, 0.2) is 5.13 Å². The first-order valence-electron chi connectivity index (χ1n) is 15.3. The fourth-order valence-electron chi connectivity index (χ4n) is 5.88. The molecule has 5 heterocycles. The van der Waals surface area contributed by atoms with Gasteiger partial charge in [-0.25, -0.2) is 19.9 Å². The normalized spacial score (nSPS) is 15.6. The van der Waals surface area contributed by atoms with Crippen LogP contribution in [0.15, 0.2) is 55.0 Å². The average molecular weight is 619 g/mol. The monoisotopic (exact) mass is 618 g/mol. The Kier molecular flexibility index (Phi) is 7.34. The van der Waals surface area contributed by atoms with E-state index in [4.69, 9.17) is 9.97 Å². The van der Waals surface area contributed by atoms with E-state index in [1.807, 2.05) is 67.7 Å². The van der Waals surface area contributed by atoms with Gasteiger partial charge in [0.05, 0.1) is 5.69 Å². The second-order valence-corrected chi connectivity index (χ2v) is 13.1. The van der Waals surface area contributed by atoms with Crippen molar-refractivity contribution >= 4 is 33.8 Å². The summed E-state index contributed by atoms with van der Waals surface area (Å²) in [5, 5.41) is 20.7. The molecule has 10 nitrogen and oxygen atoms in total. The van der Waals surface area contributed by atoms with Crippen LogP contribution in [-0.4, -0.2) is 66.0 Å². The van der Waals surface area contributed by atoms with Gasteiger partial charge in [0, 0.05) is 61.8 Å². The van der Waals surface area contributed by atoms with Crippen molar-refractivity contribution in [2.45, 2.75) is 51.6 Å². The maximum atomic E-state index is 12.3. The highest BCUT2D eigenvalue weighted by Gasteiger charge is 2.52. The van der Waals surface area contributed by atoms with Crippen LogP contribution < -0.4 is 4.90 Å². The number of carbonyl (C=O) groups excluding carboxylic acids is 1. The summed E-state index contributed by atoms with van der Waals surface area (Å²) < 4.78 is 2.07. The zero-order valence-corrected chi connectivity index (χ0v) is 26.4. The predicted molar refractivity (Wildman–Crippen MR) is 173 cm³/mol. The molecule has 0 radical (unpaired) electrons. The van der Waals surface area contributed by atoms with E-state index in [2.05, 4.69) is 33.6 Å². The van der Waals surface area contributed by atoms with Crippen molar-refractivity contribution in [3.05, 3.63) is 76.9 Å². The Morgan fingerprint density at radius 1 is 1.09 bits per heavy atom. The summed E-state index contributed by atoms with van der Waals surface area (Å²) in [4.78, 5) is 35.7. The second-order valence-electron chi connectivity index (χ2n) is 12.1. The van der Waals surface area contributed by atoms with Gasteiger partial charge in [0.2, 0.25) is 0 Å². The number of thiazole rings is 1. The van der Waals surface area contributed by atoms with Crippen LogP contribution in [-0.2, 0) is 17.6 Å². The summed E-state index contributed by atoms with van der Waals surface area (Å²) in [6.45, 7) is 5.53. The summed E-state index contributed by atoms with van der Waals surface area (Å²) in [7, 11) is 1.97. The highest BCUT2D eigenvalue weighted by Crippen LogP contribution is 2.39. The Labute approximate surface area is 265 Å². The molecule has 0 unspecified atom stereocenters. The van der Waals surface area contributed by atoms with E-state index in [9.17, 15) is 15.2 Å². The summed E-state index contributed by atoms with van der Waals surface area (Å²) in [5.41, 5.74) is 5.32. The number of hydrogen-bond acceptors (Lipinski definition) is 9. The van der Waals surface area contributed by atoms with Gasteiger partial charge in [0.25, 0.3) is 5.91 Å². The van der Waals surface area contributed by atoms with E-state index >= 15 is 0 Å². The molecule has 11 heteroatoms. The van der Waals surface area contributed by atoms with Crippen LogP contribution in [0.4, 0.5) is 10.9 Å². The van der Waals surface area contributed by atoms with E-state index in [-0.39, 0.29) is 5.91 Å². The number of aliphatic hydroxyl groups is 1. The van der Waals surface area contributed by atoms with Crippen LogP contribution in [0.25, 0.3) is 28.0 Å². The molecule has 1 aromatic carbocycles. The Bertz CT molecular complexity index is 1930. The molecule has 1 saturated heterocycles. The maximum Gasteiger partial charge on any atom is 0.254 e. The van der Waals surface area contributed by atoms with Crippen molar-refractivity contribution < 1.29 is 9.90 Å². The first-order valence-corrected chi connectivity index (χ1v) is 16.1. The highest BCUT2D eigenvalue weighted by atomic mass is 32.1. The van der Waals surface area contributed by atoms with E-state index < -0.39 is 5.60 Å². The second kappa shape index (κ2) is 11.4. The Morgan fingerprint density at radius 3 is 2.47 bits per heavy atom. The van der Waals surface area contributed by atoms with Crippen LogP contribution in [0, 0.1) is 24.2 Å². The molecule has 5 aromatic rings. The smallest absolute Gasteiger partial charge is 0.254 e. The molecular formula is C34H34N8O2S. The molecule has 2 fully saturated rings. The number of rotatable bonds is 9. The molecule has 45 heavy (non-hydrogen) atoms. The van der Waals surface area contributed by atoms with Crippen LogP contribution in [0.3, 0.4) is 0 Å². The van der Waals surface area contributed by atoms with Gasteiger partial charge < -0.3 is 14.9 Å². The third-order valence-corrected chi connectivity index (χ3v) is 9.86. The van der Waals surface area contributed by atoms with Gasteiger partial charge in [-0.2, -0.15) is 5.26 Å². The molecule has 1 amide bonds. The first kappa shape index (κ1) is 29.1. The van der Waals surface area contributed by atoms with Gasteiger partial charge in [-0.05, 0) is 50.7 Å². The molecule has 1 N–H and O–H groups in total. The van der Waals surface area contributed by atoms with Crippen LogP contribution in [0.2, 0.25) is 0 Å². The Balaban J connectivity index is 1.09. The van der Waals surface area contributed by atoms with Gasteiger partial charge in [-0.3, -0.25) is 9.20 Å². The first-order chi connectivity index (χ1) is 21.8. The molecule has 0 bridgehead atoms. The zero-order chi connectivity index (χ0) is 31.3. The minimum atomic E-state index is -1.08. The number of carbonyl (C=O) groups is 1. The number of fused-ring (bicyclic) bond motifs is 1. The van der Waals surface area contributed by atoms with E-state index in [1.54, 1.807) is 4.90 Å². The molecule has 4 aromatic heterocycles. The summed E-state index contributed by atoms with van der Waals surface area (Å²) in [5.74, 6) is 1.99. The largest absolute Gasteiger partial charge is 0.380 e. The molecule has 7 rings (SSSR count). The molecular weight excluding hydrogens is 584 g/mol. The average Bonchev–Trinajstić information content (AvgIpc) is 3.48. The predicted octanol–water partition coefficient (Wildman–Crippen LogP) is 5.34. The third kappa shape index (κ3) is 5.45. The number of pyridine rings is 1. The van der Waals surface area contributed by atoms with Crippen molar-refractivity contribution in [1.29, 1.82) is 5.26 Å². The standard InChI is InChI=1S/C34H34N8O2S/c1-4-26-31(40(3)33-39-30(27(15-35)45-33)23-8-5-21(2)6-9-23)42-20-24(10-12-29(42)38-26)25-16-36-28(37-17-25)11-7-22-18-41(19-22)32(43)34(44)13-14-34/h5-6,8-10,12,16-17,20,22,44H,4,7,11,13-14,18-19H2,1-3H3. The molecule has 1 aliphatic heterocycles. The summed E-state index contributed by atoms with van der Waals surface area (Å²) in [6, 6.07) is 14.4. The SMILES string of the molecule is CCc1nc2ccc(-c3cnc(CCC4CN(C(=O)C5(O)CC5)C4)nc3)cn2c1N(C)c1nc(-c2ccc(C)cc2)c(C#N)s1.